The van der Waals surface area contributed by atoms with Gasteiger partial charge < -0.3 is 15.4 Å². The van der Waals surface area contributed by atoms with Crippen LogP contribution in [0, 0.1) is 5.92 Å². The standard InChI is InChI=1S/C12H23N5O.HI/c1-11(10-17-7-4-5-16-17)9-15-12(13-2)14-6-8-18-3;/h4-5,7,11H,6,8-10H2,1-3H3,(H2,13,14,15);1H. The second-order valence-corrected chi connectivity index (χ2v) is 4.21. The van der Waals surface area contributed by atoms with Gasteiger partial charge in [0.25, 0.3) is 0 Å². The maximum atomic E-state index is 4.98. The Kier molecular flexibility index (Phi) is 10.6. The topological polar surface area (TPSA) is 63.5 Å². The Bertz CT molecular complexity index is 342. The summed E-state index contributed by atoms with van der Waals surface area (Å²) in [6.45, 7) is 5.35. The molecule has 1 heterocycles. The maximum absolute atomic E-state index is 4.98. The second-order valence-electron chi connectivity index (χ2n) is 4.21. The highest BCUT2D eigenvalue weighted by atomic mass is 127. The van der Waals surface area contributed by atoms with Crippen LogP contribution in [0.1, 0.15) is 6.92 Å². The van der Waals surface area contributed by atoms with E-state index in [0.717, 1.165) is 25.6 Å². The van der Waals surface area contributed by atoms with Gasteiger partial charge in [0, 0.05) is 46.2 Å². The summed E-state index contributed by atoms with van der Waals surface area (Å²) in [4.78, 5) is 4.15. The lowest BCUT2D eigenvalue weighted by atomic mass is 10.2. The van der Waals surface area contributed by atoms with Crippen molar-refractivity contribution in [1.29, 1.82) is 0 Å². The summed E-state index contributed by atoms with van der Waals surface area (Å²) >= 11 is 0. The molecular weight excluding hydrogens is 357 g/mol. The lowest BCUT2D eigenvalue weighted by molar-refractivity contribution is 0.203. The summed E-state index contributed by atoms with van der Waals surface area (Å²) in [5.41, 5.74) is 0. The molecule has 0 radical (unpaired) electrons. The number of guanidine groups is 1. The first kappa shape index (κ1) is 18.2. The van der Waals surface area contributed by atoms with Gasteiger partial charge >= 0.3 is 0 Å². The fourth-order valence-corrected chi connectivity index (χ4v) is 1.56. The van der Waals surface area contributed by atoms with Gasteiger partial charge in [-0.15, -0.1) is 24.0 Å². The molecule has 1 rings (SSSR count). The first-order chi connectivity index (χ1) is 8.76. The highest BCUT2D eigenvalue weighted by Gasteiger charge is 2.04. The average Bonchev–Trinajstić information content (AvgIpc) is 2.86. The fraction of sp³-hybridized carbons (Fsp3) is 0.667. The molecule has 6 nitrogen and oxygen atoms in total. The minimum absolute atomic E-state index is 0. The van der Waals surface area contributed by atoms with E-state index < -0.39 is 0 Å². The van der Waals surface area contributed by atoms with Crippen LogP contribution in [0.2, 0.25) is 0 Å². The first-order valence-corrected chi connectivity index (χ1v) is 6.17. The molecule has 0 amide bonds. The molecule has 1 unspecified atom stereocenters. The molecule has 110 valence electrons. The van der Waals surface area contributed by atoms with Crippen molar-refractivity contribution in [1.82, 2.24) is 20.4 Å². The number of aromatic nitrogens is 2. The quantitative estimate of drug-likeness (QED) is 0.320. The summed E-state index contributed by atoms with van der Waals surface area (Å²) in [5.74, 6) is 1.28. The van der Waals surface area contributed by atoms with Gasteiger partial charge in [0.05, 0.1) is 6.61 Å². The second kappa shape index (κ2) is 11.0. The Morgan fingerprint density at radius 1 is 1.47 bits per heavy atom. The largest absolute Gasteiger partial charge is 0.383 e. The zero-order chi connectivity index (χ0) is 13.2. The van der Waals surface area contributed by atoms with Gasteiger partial charge in [-0.2, -0.15) is 5.10 Å². The smallest absolute Gasteiger partial charge is 0.191 e. The molecule has 0 aliphatic carbocycles. The third kappa shape index (κ3) is 8.04. The normalized spacial score (nSPS) is 12.7. The van der Waals surface area contributed by atoms with Crippen LogP contribution in [-0.2, 0) is 11.3 Å². The van der Waals surface area contributed by atoms with Gasteiger partial charge in [-0.3, -0.25) is 9.67 Å². The van der Waals surface area contributed by atoms with Crippen molar-refractivity contribution >= 4 is 29.9 Å². The van der Waals surface area contributed by atoms with Crippen LogP contribution < -0.4 is 10.6 Å². The van der Waals surface area contributed by atoms with E-state index in [0.29, 0.717) is 12.5 Å². The van der Waals surface area contributed by atoms with Crippen LogP contribution in [0.5, 0.6) is 0 Å². The maximum Gasteiger partial charge on any atom is 0.191 e. The summed E-state index contributed by atoms with van der Waals surface area (Å²) in [6.07, 6.45) is 3.77. The van der Waals surface area contributed by atoms with E-state index in [2.05, 4.69) is 27.6 Å². The molecule has 1 atom stereocenters. The summed E-state index contributed by atoms with van der Waals surface area (Å²) in [5, 5.41) is 10.6. The minimum Gasteiger partial charge on any atom is -0.383 e. The van der Waals surface area contributed by atoms with E-state index in [-0.39, 0.29) is 24.0 Å². The van der Waals surface area contributed by atoms with Crippen molar-refractivity contribution in [3.05, 3.63) is 18.5 Å². The van der Waals surface area contributed by atoms with Crippen molar-refractivity contribution in [2.75, 3.05) is 33.9 Å². The monoisotopic (exact) mass is 381 g/mol. The molecular formula is C12H24IN5O. The van der Waals surface area contributed by atoms with Crippen LogP contribution in [-0.4, -0.2) is 49.6 Å². The van der Waals surface area contributed by atoms with Crippen LogP contribution in [0.3, 0.4) is 0 Å². The van der Waals surface area contributed by atoms with E-state index in [9.17, 15) is 0 Å². The van der Waals surface area contributed by atoms with E-state index in [1.807, 2.05) is 16.9 Å². The van der Waals surface area contributed by atoms with Crippen molar-refractivity contribution in [3.63, 3.8) is 0 Å². The summed E-state index contributed by atoms with van der Waals surface area (Å²) < 4.78 is 6.91. The third-order valence-corrected chi connectivity index (χ3v) is 2.50. The molecule has 7 heteroatoms. The fourth-order valence-electron chi connectivity index (χ4n) is 1.56. The van der Waals surface area contributed by atoms with Crippen molar-refractivity contribution in [2.45, 2.75) is 13.5 Å². The predicted molar refractivity (Wildman–Crippen MR) is 88.0 cm³/mol. The molecule has 0 bridgehead atoms. The van der Waals surface area contributed by atoms with Crippen molar-refractivity contribution < 1.29 is 4.74 Å². The van der Waals surface area contributed by atoms with Gasteiger partial charge in [-0.05, 0) is 12.0 Å². The Morgan fingerprint density at radius 2 is 2.26 bits per heavy atom. The first-order valence-electron chi connectivity index (χ1n) is 6.17. The van der Waals surface area contributed by atoms with E-state index in [4.69, 9.17) is 4.74 Å². The zero-order valence-corrected chi connectivity index (χ0v) is 14.1. The number of hydrogen-bond donors (Lipinski definition) is 2. The van der Waals surface area contributed by atoms with Gasteiger partial charge in [0.1, 0.15) is 0 Å². The van der Waals surface area contributed by atoms with Crippen molar-refractivity contribution in [2.24, 2.45) is 10.9 Å². The molecule has 0 fully saturated rings. The number of rotatable bonds is 7. The number of nitrogens with one attached hydrogen (secondary N) is 2. The molecule has 0 aliphatic rings. The highest BCUT2D eigenvalue weighted by molar-refractivity contribution is 14.0. The zero-order valence-electron chi connectivity index (χ0n) is 11.8. The van der Waals surface area contributed by atoms with Crippen LogP contribution in [0.15, 0.2) is 23.5 Å². The predicted octanol–water partition coefficient (Wildman–Crippen LogP) is 0.949. The number of methoxy groups -OCH3 is 1. The number of halogens is 1. The minimum atomic E-state index is 0. The molecule has 1 aromatic heterocycles. The lowest BCUT2D eigenvalue weighted by Gasteiger charge is -2.16. The summed E-state index contributed by atoms with van der Waals surface area (Å²) in [7, 11) is 3.45. The Labute approximate surface area is 132 Å². The molecule has 0 saturated heterocycles. The van der Waals surface area contributed by atoms with E-state index in [1.165, 1.54) is 0 Å². The number of nitrogens with zero attached hydrogens (tertiary/aromatic N) is 3. The molecule has 1 aromatic rings. The number of aliphatic imine (C=N–C) groups is 1. The molecule has 0 spiro atoms. The van der Waals surface area contributed by atoms with Gasteiger partial charge in [0.15, 0.2) is 5.96 Å². The van der Waals surface area contributed by atoms with E-state index >= 15 is 0 Å². The molecule has 2 N–H and O–H groups in total. The van der Waals surface area contributed by atoms with Crippen LogP contribution in [0.4, 0.5) is 0 Å². The SMILES string of the molecule is CN=C(NCCOC)NCC(C)Cn1cccn1.I. The van der Waals surface area contributed by atoms with Gasteiger partial charge in [-0.1, -0.05) is 6.92 Å². The number of hydrogen-bond acceptors (Lipinski definition) is 3. The Balaban J connectivity index is 0.00000324. The molecule has 19 heavy (non-hydrogen) atoms. The number of ether oxygens (including phenoxy) is 1. The van der Waals surface area contributed by atoms with Gasteiger partial charge in [0.2, 0.25) is 0 Å². The third-order valence-electron chi connectivity index (χ3n) is 2.50. The summed E-state index contributed by atoms with van der Waals surface area (Å²) in [6, 6.07) is 1.94. The molecule has 0 saturated carbocycles. The van der Waals surface area contributed by atoms with Crippen LogP contribution >= 0.6 is 24.0 Å². The molecule has 0 aliphatic heterocycles. The van der Waals surface area contributed by atoms with Gasteiger partial charge in [-0.25, -0.2) is 0 Å². The Morgan fingerprint density at radius 3 is 2.84 bits per heavy atom. The highest BCUT2D eigenvalue weighted by Crippen LogP contribution is 1.97. The average molecular weight is 381 g/mol. The Hall–Kier alpha value is -0.830. The molecule has 0 aromatic carbocycles. The van der Waals surface area contributed by atoms with Crippen LogP contribution in [0.25, 0.3) is 0 Å². The van der Waals surface area contributed by atoms with E-state index in [1.54, 1.807) is 20.4 Å². The lowest BCUT2D eigenvalue weighted by Crippen LogP contribution is -2.41. The van der Waals surface area contributed by atoms with Crippen molar-refractivity contribution in [3.8, 4) is 0 Å².